The number of anilines is 1. The highest BCUT2D eigenvalue weighted by Crippen LogP contribution is 2.34. The molecule has 1 aromatic rings. The molecule has 0 spiro atoms. The molecule has 0 aromatic carbocycles. The molecule has 16 heavy (non-hydrogen) atoms. The van der Waals surface area contributed by atoms with Crippen LogP contribution in [0.5, 0.6) is 0 Å². The normalized spacial score (nSPS) is 17.6. The van der Waals surface area contributed by atoms with Crippen molar-refractivity contribution in [2.24, 2.45) is 0 Å². The van der Waals surface area contributed by atoms with Crippen molar-refractivity contribution in [1.29, 1.82) is 0 Å². The van der Waals surface area contributed by atoms with E-state index in [1.165, 1.54) is 12.6 Å². The van der Waals surface area contributed by atoms with Crippen molar-refractivity contribution in [3.05, 3.63) is 24.0 Å². The lowest BCUT2D eigenvalue weighted by Gasteiger charge is -2.42. The SMILES string of the molecule is CCC1(NC(=O)c2cnccc2N)CCC1. The van der Waals surface area contributed by atoms with E-state index < -0.39 is 0 Å². The highest BCUT2D eigenvalue weighted by atomic mass is 16.1. The molecule has 0 aliphatic heterocycles. The summed E-state index contributed by atoms with van der Waals surface area (Å²) < 4.78 is 0. The van der Waals surface area contributed by atoms with Gasteiger partial charge in [0.1, 0.15) is 0 Å². The fraction of sp³-hybridized carbons (Fsp3) is 0.500. The van der Waals surface area contributed by atoms with E-state index in [0.717, 1.165) is 19.3 Å². The lowest BCUT2D eigenvalue weighted by atomic mass is 9.74. The van der Waals surface area contributed by atoms with E-state index in [0.29, 0.717) is 11.3 Å². The minimum atomic E-state index is -0.104. The third kappa shape index (κ3) is 1.87. The van der Waals surface area contributed by atoms with Crippen molar-refractivity contribution in [1.82, 2.24) is 10.3 Å². The monoisotopic (exact) mass is 219 g/mol. The van der Waals surface area contributed by atoms with Crippen LogP contribution in [0.2, 0.25) is 0 Å². The van der Waals surface area contributed by atoms with Crippen LogP contribution in [0.25, 0.3) is 0 Å². The first-order valence-electron chi connectivity index (χ1n) is 5.69. The standard InChI is InChI=1S/C12H17N3O/c1-2-12(5-3-6-12)15-11(16)9-8-14-7-4-10(9)13/h4,7-8H,2-3,5-6H2,1H3,(H2,13,14)(H,15,16). The number of rotatable bonds is 3. The van der Waals surface area contributed by atoms with Crippen molar-refractivity contribution < 1.29 is 4.79 Å². The highest BCUT2D eigenvalue weighted by Gasteiger charge is 2.36. The van der Waals surface area contributed by atoms with E-state index in [2.05, 4.69) is 17.2 Å². The summed E-state index contributed by atoms with van der Waals surface area (Å²) in [6.07, 6.45) is 7.40. The molecule has 2 rings (SSSR count). The lowest BCUT2D eigenvalue weighted by molar-refractivity contribution is 0.0821. The molecule has 1 aliphatic carbocycles. The molecule has 1 saturated carbocycles. The van der Waals surface area contributed by atoms with Crippen LogP contribution < -0.4 is 11.1 Å². The number of nitrogen functional groups attached to an aromatic ring is 1. The molecular formula is C12H17N3O. The summed E-state index contributed by atoms with van der Waals surface area (Å²) >= 11 is 0. The van der Waals surface area contributed by atoms with E-state index in [1.54, 1.807) is 12.3 Å². The second kappa shape index (κ2) is 4.12. The maximum Gasteiger partial charge on any atom is 0.255 e. The van der Waals surface area contributed by atoms with Gasteiger partial charge in [0.15, 0.2) is 0 Å². The third-order valence-corrected chi connectivity index (χ3v) is 3.47. The largest absolute Gasteiger partial charge is 0.398 e. The predicted octanol–water partition coefficient (Wildman–Crippen LogP) is 1.73. The molecule has 0 saturated heterocycles. The minimum Gasteiger partial charge on any atom is -0.398 e. The van der Waals surface area contributed by atoms with E-state index in [4.69, 9.17) is 5.73 Å². The molecule has 1 fully saturated rings. The summed E-state index contributed by atoms with van der Waals surface area (Å²) in [5.74, 6) is -0.104. The van der Waals surface area contributed by atoms with Crippen LogP contribution in [0.3, 0.4) is 0 Å². The van der Waals surface area contributed by atoms with Crippen molar-refractivity contribution in [2.45, 2.75) is 38.1 Å². The van der Waals surface area contributed by atoms with Gasteiger partial charge in [-0.05, 0) is 31.7 Å². The van der Waals surface area contributed by atoms with Gasteiger partial charge in [0.25, 0.3) is 5.91 Å². The molecule has 1 aliphatic rings. The van der Waals surface area contributed by atoms with Crippen LogP contribution >= 0.6 is 0 Å². The fourth-order valence-electron chi connectivity index (χ4n) is 2.07. The van der Waals surface area contributed by atoms with Crippen molar-refractivity contribution in [3.63, 3.8) is 0 Å². The number of pyridine rings is 1. The number of hydrogen-bond donors (Lipinski definition) is 2. The third-order valence-electron chi connectivity index (χ3n) is 3.47. The second-order valence-corrected chi connectivity index (χ2v) is 4.40. The molecule has 3 N–H and O–H groups in total. The molecule has 0 unspecified atom stereocenters. The van der Waals surface area contributed by atoms with Crippen LogP contribution in [0.15, 0.2) is 18.5 Å². The Hall–Kier alpha value is -1.58. The summed E-state index contributed by atoms with van der Waals surface area (Å²) in [5.41, 5.74) is 6.70. The first-order chi connectivity index (χ1) is 7.67. The molecule has 4 nitrogen and oxygen atoms in total. The molecular weight excluding hydrogens is 202 g/mol. The Labute approximate surface area is 95.3 Å². The van der Waals surface area contributed by atoms with Crippen LogP contribution in [-0.2, 0) is 0 Å². The Balaban J connectivity index is 2.11. The lowest BCUT2D eigenvalue weighted by Crippen LogP contribution is -2.53. The van der Waals surface area contributed by atoms with Gasteiger partial charge in [-0.1, -0.05) is 6.92 Å². The number of nitrogens with two attached hydrogens (primary N) is 1. The number of nitrogens with one attached hydrogen (secondary N) is 1. The number of carbonyl (C=O) groups excluding carboxylic acids is 1. The Kier molecular flexibility index (Phi) is 2.81. The molecule has 0 atom stereocenters. The van der Waals surface area contributed by atoms with Crippen molar-refractivity contribution >= 4 is 11.6 Å². The quantitative estimate of drug-likeness (QED) is 0.813. The van der Waals surface area contributed by atoms with Crippen LogP contribution in [-0.4, -0.2) is 16.4 Å². The van der Waals surface area contributed by atoms with Gasteiger partial charge < -0.3 is 11.1 Å². The number of nitrogens with zero attached hydrogens (tertiary/aromatic N) is 1. The van der Waals surface area contributed by atoms with Crippen molar-refractivity contribution in [2.75, 3.05) is 5.73 Å². The molecule has 4 heteroatoms. The molecule has 0 radical (unpaired) electrons. The van der Waals surface area contributed by atoms with E-state index >= 15 is 0 Å². The zero-order valence-corrected chi connectivity index (χ0v) is 9.49. The van der Waals surface area contributed by atoms with Gasteiger partial charge >= 0.3 is 0 Å². The fourth-order valence-corrected chi connectivity index (χ4v) is 2.07. The summed E-state index contributed by atoms with van der Waals surface area (Å²) in [5, 5.41) is 3.08. The zero-order chi connectivity index (χ0) is 11.6. The van der Waals surface area contributed by atoms with Crippen LogP contribution in [0.1, 0.15) is 43.0 Å². The van der Waals surface area contributed by atoms with E-state index in [9.17, 15) is 4.79 Å². The van der Waals surface area contributed by atoms with Crippen LogP contribution in [0, 0.1) is 0 Å². The van der Waals surface area contributed by atoms with Gasteiger partial charge in [0.05, 0.1) is 5.56 Å². The Morgan fingerprint density at radius 3 is 2.88 bits per heavy atom. The Morgan fingerprint density at radius 2 is 2.38 bits per heavy atom. The first kappa shape index (κ1) is 10.9. The summed E-state index contributed by atoms with van der Waals surface area (Å²) in [4.78, 5) is 15.9. The minimum absolute atomic E-state index is 0.000630. The molecule has 1 aromatic heterocycles. The molecule has 86 valence electrons. The average molecular weight is 219 g/mol. The smallest absolute Gasteiger partial charge is 0.255 e. The van der Waals surface area contributed by atoms with Gasteiger partial charge in [-0.3, -0.25) is 9.78 Å². The topological polar surface area (TPSA) is 68.0 Å². The van der Waals surface area contributed by atoms with Gasteiger partial charge in [-0.15, -0.1) is 0 Å². The summed E-state index contributed by atoms with van der Waals surface area (Å²) in [6, 6.07) is 1.65. The van der Waals surface area contributed by atoms with Gasteiger partial charge in [-0.2, -0.15) is 0 Å². The summed E-state index contributed by atoms with van der Waals surface area (Å²) in [7, 11) is 0. The highest BCUT2D eigenvalue weighted by molar-refractivity contribution is 5.99. The summed E-state index contributed by atoms with van der Waals surface area (Å²) in [6.45, 7) is 2.10. The van der Waals surface area contributed by atoms with Gasteiger partial charge in [-0.25, -0.2) is 0 Å². The molecule has 1 amide bonds. The first-order valence-corrected chi connectivity index (χ1v) is 5.69. The Bertz CT molecular complexity index is 393. The van der Waals surface area contributed by atoms with Gasteiger partial charge in [0.2, 0.25) is 0 Å². The maximum atomic E-state index is 12.0. The Morgan fingerprint density at radius 1 is 1.62 bits per heavy atom. The second-order valence-electron chi connectivity index (χ2n) is 4.40. The molecule has 0 bridgehead atoms. The number of amides is 1. The van der Waals surface area contributed by atoms with E-state index in [-0.39, 0.29) is 11.4 Å². The number of hydrogen-bond acceptors (Lipinski definition) is 3. The predicted molar refractivity (Wildman–Crippen MR) is 63.0 cm³/mol. The number of carbonyl (C=O) groups is 1. The average Bonchev–Trinajstić information content (AvgIpc) is 2.24. The maximum absolute atomic E-state index is 12.0. The molecule has 1 heterocycles. The van der Waals surface area contributed by atoms with E-state index in [1.807, 2.05) is 0 Å². The van der Waals surface area contributed by atoms with Gasteiger partial charge in [0, 0.05) is 23.6 Å². The zero-order valence-electron chi connectivity index (χ0n) is 9.49. The number of aromatic nitrogens is 1. The van der Waals surface area contributed by atoms with Crippen molar-refractivity contribution in [3.8, 4) is 0 Å². The van der Waals surface area contributed by atoms with Crippen LogP contribution in [0.4, 0.5) is 5.69 Å².